The fraction of sp³-hybridized carbons (Fsp3) is 0.333. The van der Waals surface area contributed by atoms with Gasteiger partial charge in [0.05, 0.1) is 11.5 Å². The second-order valence-corrected chi connectivity index (χ2v) is 7.12. The van der Waals surface area contributed by atoms with E-state index >= 15 is 0 Å². The Morgan fingerprint density at radius 1 is 1.00 bits per heavy atom. The molecule has 2 rings (SSSR count). The Balaban J connectivity index is 2.14. The van der Waals surface area contributed by atoms with Crippen LogP contribution in [0.1, 0.15) is 38.7 Å². The molecule has 0 saturated carbocycles. The summed E-state index contributed by atoms with van der Waals surface area (Å²) in [6.45, 7) is 6.72. The van der Waals surface area contributed by atoms with Gasteiger partial charge in [-0.1, -0.05) is 26.0 Å². The number of sulfonamides is 1. The largest absolute Gasteiger partial charge is 0.494 e. The molecule has 1 atom stereocenters. The number of rotatable bonds is 7. The van der Waals surface area contributed by atoms with Crippen LogP contribution in [0.25, 0.3) is 0 Å². The van der Waals surface area contributed by atoms with E-state index in [1.807, 2.05) is 19.1 Å². The van der Waals surface area contributed by atoms with Gasteiger partial charge in [-0.25, -0.2) is 8.42 Å². The normalized spacial score (nSPS) is 12.7. The molecule has 0 heterocycles. The van der Waals surface area contributed by atoms with E-state index in [-0.39, 0.29) is 4.90 Å². The van der Waals surface area contributed by atoms with Crippen LogP contribution in [0.2, 0.25) is 0 Å². The van der Waals surface area contributed by atoms with Crippen molar-refractivity contribution in [1.29, 1.82) is 0 Å². The summed E-state index contributed by atoms with van der Waals surface area (Å²) >= 11 is 0. The van der Waals surface area contributed by atoms with E-state index in [0.29, 0.717) is 24.0 Å². The third-order valence-corrected chi connectivity index (χ3v) is 5.19. The lowest BCUT2D eigenvalue weighted by Gasteiger charge is -2.12. The zero-order valence-corrected chi connectivity index (χ0v) is 14.6. The molecule has 0 aliphatic carbocycles. The van der Waals surface area contributed by atoms with Crippen molar-refractivity contribution in [3.05, 3.63) is 54.1 Å². The first-order valence-electron chi connectivity index (χ1n) is 7.82. The minimum atomic E-state index is -3.58. The third kappa shape index (κ3) is 4.48. The van der Waals surface area contributed by atoms with E-state index in [1.54, 1.807) is 36.4 Å². The van der Waals surface area contributed by atoms with E-state index in [9.17, 15) is 8.42 Å². The number of nitrogens with one attached hydrogen (secondary N) is 1. The number of benzene rings is 2. The molecule has 0 radical (unpaired) electrons. The summed E-state index contributed by atoms with van der Waals surface area (Å²) in [7, 11) is -3.58. The van der Waals surface area contributed by atoms with Crippen LogP contribution in [0.3, 0.4) is 0 Å². The monoisotopic (exact) mass is 333 g/mol. The summed E-state index contributed by atoms with van der Waals surface area (Å²) in [5.41, 5.74) is 1.66. The highest BCUT2D eigenvalue weighted by Crippen LogP contribution is 2.23. The highest BCUT2D eigenvalue weighted by atomic mass is 32.2. The summed E-state index contributed by atoms with van der Waals surface area (Å²) in [4.78, 5) is 0.262. The first-order chi connectivity index (χ1) is 11.0. The number of hydrogen-bond acceptors (Lipinski definition) is 3. The van der Waals surface area contributed by atoms with Crippen molar-refractivity contribution < 1.29 is 13.2 Å². The molecule has 23 heavy (non-hydrogen) atoms. The topological polar surface area (TPSA) is 55.4 Å². The van der Waals surface area contributed by atoms with Gasteiger partial charge in [0, 0.05) is 5.69 Å². The third-order valence-electron chi connectivity index (χ3n) is 3.79. The van der Waals surface area contributed by atoms with Crippen LogP contribution in [-0.2, 0) is 10.0 Å². The lowest BCUT2D eigenvalue weighted by molar-refractivity contribution is 0.340. The quantitative estimate of drug-likeness (QED) is 0.817. The molecule has 0 amide bonds. The minimum Gasteiger partial charge on any atom is -0.494 e. The Hall–Kier alpha value is -2.01. The predicted molar refractivity (Wildman–Crippen MR) is 93.6 cm³/mol. The average Bonchev–Trinajstić information content (AvgIpc) is 2.56. The fourth-order valence-electron chi connectivity index (χ4n) is 2.21. The van der Waals surface area contributed by atoms with Crippen molar-refractivity contribution >= 4 is 15.7 Å². The SMILES string of the molecule is CCOc1ccc(NS(=O)(=O)c2ccc([C@H](C)CC)cc2)cc1. The van der Waals surface area contributed by atoms with Gasteiger partial charge < -0.3 is 4.74 Å². The zero-order valence-electron chi connectivity index (χ0n) is 13.7. The highest BCUT2D eigenvalue weighted by molar-refractivity contribution is 7.92. The Kier molecular flexibility index (Phi) is 5.66. The maximum Gasteiger partial charge on any atom is 0.261 e. The highest BCUT2D eigenvalue weighted by Gasteiger charge is 2.14. The Morgan fingerprint density at radius 2 is 1.61 bits per heavy atom. The van der Waals surface area contributed by atoms with E-state index in [4.69, 9.17) is 4.74 Å². The molecular formula is C18H23NO3S. The number of anilines is 1. The molecule has 2 aromatic carbocycles. The van der Waals surface area contributed by atoms with Gasteiger partial charge in [0.25, 0.3) is 10.0 Å². The zero-order chi connectivity index (χ0) is 16.9. The summed E-state index contributed by atoms with van der Waals surface area (Å²) < 4.78 is 32.8. The summed E-state index contributed by atoms with van der Waals surface area (Å²) in [5, 5.41) is 0. The van der Waals surface area contributed by atoms with Crippen molar-refractivity contribution in [2.75, 3.05) is 11.3 Å². The van der Waals surface area contributed by atoms with Gasteiger partial charge in [0.15, 0.2) is 0 Å². The minimum absolute atomic E-state index is 0.262. The van der Waals surface area contributed by atoms with Crippen LogP contribution in [0.4, 0.5) is 5.69 Å². The summed E-state index contributed by atoms with van der Waals surface area (Å²) in [5.74, 6) is 1.14. The molecule has 0 fully saturated rings. The average molecular weight is 333 g/mol. The molecule has 1 N–H and O–H groups in total. The van der Waals surface area contributed by atoms with Crippen molar-refractivity contribution in [1.82, 2.24) is 0 Å². The van der Waals surface area contributed by atoms with E-state index in [2.05, 4.69) is 18.6 Å². The second kappa shape index (κ2) is 7.51. The van der Waals surface area contributed by atoms with Crippen molar-refractivity contribution in [2.24, 2.45) is 0 Å². The van der Waals surface area contributed by atoms with Crippen LogP contribution >= 0.6 is 0 Å². The lowest BCUT2D eigenvalue weighted by atomic mass is 9.99. The van der Waals surface area contributed by atoms with Crippen LogP contribution in [0, 0.1) is 0 Å². The van der Waals surface area contributed by atoms with Gasteiger partial charge in [-0.15, -0.1) is 0 Å². The molecule has 0 bridgehead atoms. The maximum atomic E-state index is 12.4. The van der Waals surface area contributed by atoms with E-state index < -0.39 is 10.0 Å². The fourth-order valence-corrected chi connectivity index (χ4v) is 3.27. The lowest BCUT2D eigenvalue weighted by Crippen LogP contribution is -2.13. The van der Waals surface area contributed by atoms with Crippen LogP contribution in [-0.4, -0.2) is 15.0 Å². The molecule has 124 valence electrons. The Bertz CT molecular complexity index is 722. The number of ether oxygens (including phenoxy) is 1. The van der Waals surface area contributed by atoms with Gasteiger partial charge in [-0.2, -0.15) is 0 Å². The van der Waals surface area contributed by atoms with Gasteiger partial charge in [0.1, 0.15) is 5.75 Å². The molecule has 2 aromatic rings. The molecule has 5 heteroatoms. The molecule has 0 spiro atoms. The van der Waals surface area contributed by atoms with Gasteiger partial charge in [0.2, 0.25) is 0 Å². The molecule has 4 nitrogen and oxygen atoms in total. The van der Waals surface area contributed by atoms with Crippen molar-refractivity contribution in [3.8, 4) is 5.75 Å². The summed E-state index contributed by atoms with van der Waals surface area (Å²) in [6.07, 6.45) is 1.02. The van der Waals surface area contributed by atoms with Gasteiger partial charge in [-0.05, 0) is 61.2 Å². The van der Waals surface area contributed by atoms with Crippen LogP contribution in [0.15, 0.2) is 53.4 Å². The second-order valence-electron chi connectivity index (χ2n) is 5.44. The maximum absolute atomic E-state index is 12.4. The summed E-state index contributed by atoms with van der Waals surface area (Å²) in [6, 6.07) is 13.9. The van der Waals surface area contributed by atoms with Crippen LogP contribution in [0.5, 0.6) is 5.75 Å². The predicted octanol–water partition coefficient (Wildman–Crippen LogP) is 4.40. The molecule has 0 unspecified atom stereocenters. The molecule has 0 aromatic heterocycles. The number of hydrogen-bond donors (Lipinski definition) is 1. The first kappa shape index (κ1) is 17.3. The van der Waals surface area contributed by atoms with Gasteiger partial charge >= 0.3 is 0 Å². The van der Waals surface area contributed by atoms with Crippen LogP contribution < -0.4 is 9.46 Å². The van der Waals surface area contributed by atoms with E-state index in [0.717, 1.165) is 12.0 Å². The smallest absolute Gasteiger partial charge is 0.261 e. The van der Waals surface area contributed by atoms with Crippen molar-refractivity contribution in [3.63, 3.8) is 0 Å². The molecule has 0 aliphatic heterocycles. The van der Waals surface area contributed by atoms with Gasteiger partial charge in [-0.3, -0.25) is 4.72 Å². The van der Waals surface area contributed by atoms with Crippen molar-refractivity contribution in [2.45, 2.75) is 38.0 Å². The van der Waals surface area contributed by atoms with E-state index in [1.165, 1.54) is 0 Å². The molecular weight excluding hydrogens is 310 g/mol. The Labute approximate surface area is 138 Å². The Morgan fingerprint density at radius 3 is 2.13 bits per heavy atom. The molecule has 0 aliphatic rings. The molecule has 0 saturated heterocycles. The standard InChI is InChI=1S/C18H23NO3S/c1-4-14(3)15-6-12-18(13-7-15)23(20,21)19-16-8-10-17(11-9-16)22-5-2/h6-14,19H,4-5H2,1-3H3/t14-/m1/s1. The first-order valence-corrected chi connectivity index (χ1v) is 9.30.